The van der Waals surface area contributed by atoms with Crippen LogP contribution in [0.2, 0.25) is 0 Å². The Balaban J connectivity index is 1.26. The summed E-state index contributed by atoms with van der Waals surface area (Å²) in [7, 11) is 0. The zero-order chi connectivity index (χ0) is 31.6. The number of benzene rings is 5. The van der Waals surface area contributed by atoms with Crippen LogP contribution in [-0.4, -0.2) is 39.6 Å². The number of fused-ring (bicyclic) bond motifs is 1. The molecule has 8 nitrogen and oxygen atoms in total. The van der Waals surface area contributed by atoms with Gasteiger partial charge < -0.3 is 4.57 Å². The van der Waals surface area contributed by atoms with Crippen LogP contribution >= 0.6 is 0 Å². The Morgan fingerprint density at radius 3 is 1.79 bits per heavy atom. The second kappa shape index (κ2) is 12.0. The molecule has 0 unspecified atom stereocenters. The highest BCUT2D eigenvalue weighted by Gasteiger charge is 2.42. The van der Waals surface area contributed by atoms with Crippen LogP contribution in [0, 0.1) is 0 Å². The molecule has 8 heteroatoms. The van der Waals surface area contributed by atoms with Gasteiger partial charge in [-0.2, -0.15) is 5.10 Å². The van der Waals surface area contributed by atoms with Gasteiger partial charge in [-0.05, 0) is 43.8 Å². The minimum atomic E-state index is -0.833. The van der Waals surface area contributed by atoms with E-state index >= 15 is 0 Å². The smallest absolute Gasteiger partial charge is 0.184 e. The van der Waals surface area contributed by atoms with E-state index in [1.54, 1.807) is 10.8 Å². The molecule has 0 amide bonds. The Morgan fingerprint density at radius 1 is 0.617 bits per heavy atom. The predicted molar refractivity (Wildman–Crippen MR) is 183 cm³/mol. The topological polar surface area (TPSA) is 78.7 Å². The maximum Gasteiger partial charge on any atom is 0.184 e. The van der Waals surface area contributed by atoms with Crippen LogP contribution in [0.15, 0.2) is 152 Å². The summed E-state index contributed by atoms with van der Waals surface area (Å²) in [4.78, 5) is 0. The SMILES string of the molecule is CCc1nn2nccc2n1Cc1ccc(-c2ccccc2-c2nnnn2C(c2ccccc2)(c2ccccc2)c2ccccc2)cc1. The molecule has 0 saturated carbocycles. The first-order valence-electron chi connectivity index (χ1n) is 15.8. The van der Waals surface area contributed by atoms with Gasteiger partial charge in [0.15, 0.2) is 11.5 Å². The Labute approximate surface area is 272 Å². The normalized spacial score (nSPS) is 11.7. The summed E-state index contributed by atoms with van der Waals surface area (Å²) in [5.41, 5.74) is 7.60. The molecule has 0 spiro atoms. The molecule has 0 aliphatic heterocycles. The Kier molecular flexibility index (Phi) is 7.22. The largest absolute Gasteiger partial charge is 0.307 e. The minimum absolute atomic E-state index is 0.676. The van der Waals surface area contributed by atoms with Crippen LogP contribution in [0.5, 0.6) is 0 Å². The van der Waals surface area contributed by atoms with Crippen molar-refractivity contribution in [1.82, 2.24) is 39.6 Å². The zero-order valence-electron chi connectivity index (χ0n) is 25.9. The van der Waals surface area contributed by atoms with Crippen LogP contribution in [-0.2, 0) is 18.5 Å². The van der Waals surface area contributed by atoms with Gasteiger partial charge in [-0.15, -0.1) is 14.8 Å². The van der Waals surface area contributed by atoms with E-state index in [9.17, 15) is 0 Å². The molecule has 3 aromatic heterocycles. The van der Waals surface area contributed by atoms with Gasteiger partial charge in [0, 0.05) is 18.1 Å². The van der Waals surface area contributed by atoms with Gasteiger partial charge in [-0.3, -0.25) is 0 Å². The van der Waals surface area contributed by atoms with Crippen LogP contribution in [0.4, 0.5) is 0 Å². The lowest BCUT2D eigenvalue weighted by Crippen LogP contribution is -2.39. The molecule has 3 heterocycles. The maximum atomic E-state index is 4.76. The second-order valence-electron chi connectivity index (χ2n) is 11.5. The Morgan fingerprint density at radius 2 is 1.19 bits per heavy atom. The Hall–Kier alpha value is -6.15. The number of rotatable bonds is 9. The van der Waals surface area contributed by atoms with Crippen molar-refractivity contribution in [2.45, 2.75) is 25.4 Å². The van der Waals surface area contributed by atoms with E-state index in [4.69, 9.17) is 10.3 Å². The van der Waals surface area contributed by atoms with E-state index in [2.05, 4.69) is 142 Å². The Bertz CT molecular complexity index is 2150. The molecule has 0 aliphatic carbocycles. The predicted octanol–water partition coefficient (Wildman–Crippen LogP) is 7.30. The highest BCUT2D eigenvalue weighted by atomic mass is 15.6. The molecule has 0 radical (unpaired) electrons. The van der Waals surface area contributed by atoms with E-state index in [-0.39, 0.29) is 0 Å². The van der Waals surface area contributed by atoms with Crippen LogP contribution in [0.3, 0.4) is 0 Å². The van der Waals surface area contributed by atoms with Crippen molar-refractivity contribution in [2.75, 3.05) is 0 Å². The lowest BCUT2D eigenvalue weighted by Gasteiger charge is -2.36. The number of tetrazole rings is 1. The highest BCUT2D eigenvalue weighted by Crippen LogP contribution is 2.43. The molecule has 0 N–H and O–H groups in total. The average Bonchev–Trinajstić information content (AvgIpc) is 3.89. The van der Waals surface area contributed by atoms with Crippen molar-refractivity contribution >= 4 is 5.65 Å². The van der Waals surface area contributed by atoms with Gasteiger partial charge in [0.25, 0.3) is 0 Å². The second-order valence-corrected chi connectivity index (χ2v) is 11.5. The quantitative estimate of drug-likeness (QED) is 0.160. The van der Waals surface area contributed by atoms with Crippen molar-refractivity contribution < 1.29 is 0 Å². The summed E-state index contributed by atoms with van der Waals surface area (Å²) in [5, 5.41) is 22.7. The number of hydrogen-bond donors (Lipinski definition) is 0. The summed E-state index contributed by atoms with van der Waals surface area (Å²) in [6, 6.07) is 50.5. The lowest BCUT2D eigenvalue weighted by atomic mass is 9.77. The van der Waals surface area contributed by atoms with E-state index in [0.29, 0.717) is 12.4 Å². The standard InChI is InChI=1S/C39H32N8/c1-2-36-42-47-37(26-27-40-47)45(36)28-29-22-24-30(25-23-29)34-20-12-13-21-35(34)38-41-43-44-46(38)39(31-14-6-3-7-15-31,32-16-8-4-9-17-32)33-18-10-5-11-19-33/h3-27H,2,28H2,1H3. The first-order chi connectivity index (χ1) is 23.3. The monoisotopic (exact) mass is 612 g/mol. The van der Waals surface area contributed by atoms with Crippen LogP contribution < -0.4 is 0 Å². The van der Waals surface area contributed by atoms with Gasteiger partial charge in [0.05, 0.1) is 12.7 Å². The number of aromatic nitrogens is 8. The van der Waals surface area contributed by atoms with Crippen molar-refractivity contribution in [1.29, 1.82) is 0 Å². The van der Waals surface area contributed by atoms with Gasteiger partial charge in [0.1, 0.15) is 11.4 Å². The number of nitrogens with zero attached hydrogens (tertiary/aromatic N) is 8. The molecule has 47 heavy (non-hydrogen) atoms. The molecule has 0 atom stereocenters. The number of aryl methyl sites for hydroxylation is 1. The van der Waals surface area contributed by atoms with E-state index in [1.807, 2.05) is 35.0 Å². The molecular weight excluding hydrogens is 580 g/mol. The molecule has 8 aromatic rings. The summed E-state index contributed by atoms with van der Waals surface area (Å²) < 4.78 is 5.91. The fourth-order valence-electron chi connectivity index (χ4n) is 6.68. The molecular formula is C39H32N8. The van der Waals surface area contributed by atoms with Gasteiger partial charge in [0.2, 0.25) is 0 Å². The fraction of sp³-hybridized carbons (Fsp3) is 0.103. The summed E-state index contributed by atoms with van der Waals surface area (Å²) in [5.74, 6) is 1.68. The third-order valence-electron chi connectivity index (χ3n) is 8.85. The van der Waals surface area contributed by atoms with Crippen molar-refractivity contribution in [3.8, 4) is 22.5 Å². The molecule has 228 valence electrons. The third kappa shape index (κ3) is 4.82. The average molecular weight is 613 g/mol. The zero-order valence-corrected chi connectivity index (χ0v) is 25.9. The van der Waals surface area contributed by atoms with Crippen LogP contribution in [0.1, 0.15) is 35.0 Å². The first kappa shape index (κ1) is 28.3. The van der Waals surface area contributed by atoms with Crippen molar-refractivity contribution in [3.63, 3.8) is 0 Å². The molecule has 0 bridgehead atoms. The minimum Gasteiger partial charge on any atom is -0.307 e. The summed E-state index contributed by atoms with van der Waals surface area (Å²) in [6.07, 6.45) is 2.62. The molecule has 0 fully saturated rings. The first-order valence-corrected chi connectivity index (χ1v) is 15.8. The highest BCUT2D eigenvalue weighted by molar-refractivity contribution is 5.81. The number of hydrogen-bond acceptors (Lipinski definition) is 5. The van der Waals surface area contributed by atoms with Gasteiger partial charge in [-0.25, -0.2) is 4.68 Å². The molecule has 5 aromatic carbocycles. The third-order valence-corrected chi connectivity index (χ3v) is 8.85. The van der Waals surface area contributed by atoms with E-state index in [1.165, 1.54) is 5.56 Å². The molecule has 0 saturated heterocycles. The van der Waals surface area contributed by atoms with Gasteiger partial charge >= 0.3 is 0 Å². The summed E-state index contributed by atoms with van der Waals surface area (Å²) >= 11 is 0. The molecule has 0 aliphatic rings. The van der Waals surface area contributed by atoms with E-state index < -0.39 is 5.54 Å². The van der Waals surface area contributed by atoms with E-state index in [0.717, 1.165) is 51.3 Å². The summed E-state index contributed by atoms with van der Waals surface area (Å²) in [6.45, 7) is 2.83. The van der Waals surface area contributed by atoms with Gasteiger partial charge in [-0.1, -0.05) is 146 Å². The van der Waals surface area contributed by atoms with Crippen molar-refractivity contribution in [2.24, 2.45) is 0 Å². The van der Waals surface area contributed by atoms with Crippen LogP contribution in [0.25, 0.3) is 28.2 Å². The van der Waals surface area contributed by atoms with Crippen molar-refractivity contribution in [3.05, 3.63) is 180 Å². The molecule has 8 rings (SSSR count). The lowest BCUT2D eigenvalue weighted by molar-refractivity contribution is 0.451. The fourth-order valence-corrected chi connectivity index (χ4v) is 6.68. The maximum absolute atomic E-state index is 4.76.